The zero-order valence-corrected chi connectivity index (χ0v) is 5.23. The molecule has 0 spiro atoms. The van der Waals surface area contributed by atoms with Crippen LogP contribution in [0, 0.1) is 0 Å². The van der Waals surface area contributed by atoms with Crippen molar-refractivity contribution in [2.24, 2.45) is 10.7 Å². The molecule has 0 aromatic rings. The third-order valence-corrected chi connectivity index (χ3v) is 1.75. The summed E-state index contributed by atoms with van der Waals surface area (Å²) in [5.74, 6) is -0.118. The second-order valence-corrected chi connectivity index (χ2v) is 2.91. The zero-order valence-electron chi connectivity index (χ0n) is 4.42. The van der Waals surface area contributed by atoms with Gasteiger partial charge in [-0.3, -0.25) is 4.79 Å². The Bertz CT molecular complexity index is 154. The Kier molecular flexibility index (Phi) is 1.25. The van der Waals surface area contributed by atoms with Crippen LogP contribution in [0.15, 0.2) is 4.99 Å². The molecule has 1 rings (SSSR count). The van der Waals surface area contributed by atoms with Crippen LogP contribution in [-0.2, 0) is 4.79 Å². The van der Waals surface area contributed by atoms with Crippen molar-refractivity contribution in [1.82, 2.24) is 0 Å². The van der Waals surface area contributed by atoms with E-state index in [4.69, 9.17) is 5.73 Å². The molecule has 1 aliphatic rings. The molecule has 0 saturated heterocycles. The number of hydrogen-bond donors (Lipinski definition) is 1. The summed E-state index contributed by atoms with van der Waals surface area (Å²) in [7, 11) is 0. The number of carbonyl (C=O) groups is 1. The average Bonchev–Trinajstić information content (AvgIpc) is 1.85. The topological polar surface area (TPSA) is 55.4 Å². The Hall–Kier alpha value is -0.510. The number of thioether (sulfide) groups is 1. The fourth-order valence-corrected chi connectivity index (χ4v) is 1.12. The van der Waals surface area contributed by atoms with E-state index in [1.807, 2.05) is 0 Å². The number of carbonyl (C=O) groups excluding carboxylic acids is 1. The van der Waals surface area contributed by atoms with Gasteiger partial charge in [0.25, 0.3) is 5.91 Å². The summed E-state index contributed by atoms with van der Waals surface area (Å²) in [5.41, 5.74) is 5.21. The molecular formula is C4H6N2OS. The van der Waals surface area contributed by atoms with Crippen molar-refractivity contribution in [1.29, 1.82) is 0 Å². The molecule has 0 unspecified atom stereocenters. The Morgan fingerprint density at radius 1 is 1.88 bits per heavy atom. The molecule has 0 aromatic heterocycles. The number of nitrogens with zero attached hydrogens (tertiary/aromatic N) is 1. The van der Waals surface area contributed by atoms with Crippen molar-refractivity contribution >= 4 is 22.8 Å². The highest BCUT2D eigenvalue weighted by Crippen LogP contribution is 2.17. The van der Waals surface area contributed by atoms with Crippen LogP contribution in [0.2, 0.25) is 0 Å². The fourth-order valence-electron chi connectivity index (χ4n) is 0.457. The predicted octanol–water partition coefficient (Wildman–Crippen LogP) is -0.0370. The summed E-state index contributed by atoms with van der Waals surface area (Å²) in [6, 6.07) is 0. The van der Waals surface area contributed by atoms with Gasteiger partial charge in [0.2, 0.25) is 0 Å². The molecule has 4 heteroatoms. The van der Waals surface area contributed by atoms with Crippen molar-refractivity contribution in [3.8, 4) is 0 Å². The molecule has 1 aliphatic heterocycles. The zero-order chi connectivity index (χ0) is 6.15. The Morgan fingerprint density at radius 3 is 2.62 bits per heavy atom. The lowest BCUT2D eigenvalue weighted by Crippen LogP contribution is -2.04. The van der Waals surface area contributed by atoms with Crippen LogP contribution in [0.4, 0.5) is 0 Å². The van der Waals surface area contributed by atoms with Crippen molar-refractivity contribution in [3.63, 3.8) is 0 Å². The number of amidine groups is 1. The molecule has 0 saturated carbocycles. The van der Waals surface area contributed by atoms with Gasteiger partial charge >= 0.3 is 0 Å². The summed E-state index contributed by atoms with van der Waals surface area (Å²) in [6.07, 6.45) is 0. The van der Waals surface area contributed by atoms with Gasteiger partial charge in [0.15, 0.2) is 5.17 Å². The first kappa shape index (κ1) is 5.62. The monoisotopic (exact) mass is 130 g/mol. The highest BCUT2D eigenvalue weighted by molar-refractivity contribution is 8.15. The molecule has 0 aromatic carbocycles. The van der Waals surface area contributed by atoms with Gasteiger partial charge in [-0.1, -0.05) is 11.8 Å². The van der Waals surface area contributed by atoms with Gasteiger partial charge in [-0.25, -0.2) is 0 Å². The lowest BCUT2D eigenvalue weighted by molar-refractivity contribution is -0.116. The van der Waals surface area contributed by atoms with Crippen molar-refractivity contribution in [2.75, 3.05) is 0 Å². The first-order valence-corrected chi connectivity index (χ1v) is 3.13. The molecule has 8 heavy (non-hydrogen) atoms. The minimum Gasteiger partial charge on any atom is -0.378 e. The SMILES string of the molecule is C[C@H]1SC(N)=NC1=O. The first-order chi connectivity index (χ1) is 3.70. The van der Waals surface area contributed by atoms with Crippen LogP contribution < -0.4 is 5.73 Å². The Labute approximate surface area is 51.3 Å². The molecule has 2 N–H and O–H groups in total. The maximum absolute atomic E-state index is 10.5. The summed E-state index contributed by atoms with van der Waals surface area (Å²) < 4.78 is 0. The molecular weight excluding hydrogens is 124 g/mol. The molecule has 0 radical (unpaired) electrons. The maximum atomic E-state index is 10.5. The molecule has 1 amide bonds. The predicted molar refractivity (Wildman–Crippen MR) is 33.7 cm³/mol. The normalized spacial score (nSPS) is 28.4. The van der Waals surface area contributed by atoms with Crippen LogP contribution in [0.3, 0.4) is 0 Å². The summed E-state index contributed by atoms with van der Waals surface area (Å²) >= 11 is 1.31. The number of rotatable bonds is 0. The third-order valence-electron chi connectivity index (χ3n) is 0.866. The van der Waals surface area contributed by atoms with Gasteiger partial charge in [-0.15, -0.1) is 0 Å². The highest BCUT2D eigenvalue weighted by Gasteiger charge is 2.21. The highest BCUT2D eigenvalue weighted by atomic mass is 32.2. The van der Waals surface area contributed by atoms with Gasteiger partial charge < -0.3 is 5.73 Å². The van der Waals surface area contributed by atoms with E-state index in [0.29, 0.717) is 5.17 Å². The smallest absolute Gasteiger partial charge is 0.261 e. The summed E-state index contributed by atoms with van der Waals surface area (Å²) in [5, 5.41) is 0.331. The van der Waals surface area contributed by atoms with Crippen molar-refractivity contribution < 1.29 is 4.79 Å². The van der Waals surface area contributed by atoms with E-state index in [1.165, 1.54) is 11.8 Å². The van der Waals surface area contributed by atoms with E-state index in [2.05, 4.69) is 4.99 Å². The third kappa shape index (κ3) is 0.838. The van der Waals surface area contributed by atoms with Gasteiger partial charge in [0.1, 0.15) is 0 Å². The van der Waals surface area contributed by atoms with Crippen LogP contribution in [0.25, 0.3) is 0 Å². The molecule has 44 valence electrons. The van der Waals surface area contributed by atoms with Gasteiger partial charge in [-0.05, 0) is 6.92 Å². The Balaban J connectivity index is 2.70. The second kappa shape index (κ2) is 1.78. The van der Waals surface area contributed by atoms with E-state index >= 15 is 0 Å². The number of hydrogen-bond acceptors (Lipinski definition) is 3. The van der Waals surface area contributed by atoms with Crippen LogP contribution in [-0.4, -0.2) is 16.3 Å². The van der Waals surface area contributed by atoms with E-state index in [-0.39, 0.29) is 11.2 Å². The Morgan fingerprint density at radius 2 is 2.50 bits per heavy atom. The first-order valence-electron chi connectivity index (χ1n) is 2.25. The lowest BCUT2D eigenvalue weighted by Gasteiger charge is -1.90. The van der Waals surface area contributed by atoms with Crippen LogP contribution >= 0.6 is 11.8 Å². The summed E-state index contributed by atoms with van der Waals surface area (Å²) in [6.45, 7) is 1.79. The van der Waals surface area contributed by atoms with E-state index < -0.39 is 0 Å². The van der Waals surface area contributed by atoms with E-state index in [9.17, 15) is 4.79 Å². The number of amides is 1. The molecule has 0 bridgehead atoms. The minimum atomic E-state index is -0.118. The fraction of sp³-hybridized carbons (Fsp3) is 0.500. The number of aliphatic imine (C=N–C) groups is 1. The summed E-state index contributed by atoms with van der Waals surface area (Å²) in [4.78, 5) is 14.0. The minimum absolute atomic E-state index is 0.0602. The standard InChI is InChI=1S/C4H6N2OS/c1-2-3(7)6-4(5)8-2/h2H,1H3,(H2,5,6,7)/t2-/m1/s1. The molecule has 0 fully saturated rings. The molecule has 1 atom stereocenters. The largest absolute Gasteiger partial charge is 0.378 e. The van der Waals surface area contributed by atoms with E-state index in [0.717, 1.165) is 0 Å². The van der Waals surface area contributed by atoms with Crippen LogP contribution in [0.1, 0.15) is 6.92 Å². The average molecular weight is 130 g/mol. The molecule has 3 nitrogen and oxygen atoms in total. The van der Waals surface area contributed by atoms with Gasteiger partial charge in [-0.2, -0.15) is 4.99 Å². The quantitative estimate of drug-likeness (QED) is 0.500. The maximum Gasteiger partial charge on any atom is 0.261 e. The van der Waals surface area contributed by atoms with Crippen LogP contribution in [0.5, 0.6) is 0 Å². The van der Waals surface area contributed by atoms with Gasteiger partial charge in [0.05, 0.1) is 5.25 Å². The lowest BCUT2D eigenvalue weighted by atomic mass is 10.5. The van der Waals surface area contributed by atoms with E-state index in [1.54, 1.807) is 6.92 Å². The molecule has 1 heterocycles. The van der Waals surface area contributed by atoms with Crippen molar-refractivity contribution in [2.45, 2.75) is 12.2 Å². The van der Waals surface area contributed by atoms with Crippen molar-refractivity contribution in [3.05, 3.63) is 0 Å². The second-order valence-electron chi connectivity index (χ2n) is 1.55. The van der Waals surface area contributed by atoms with Gasteiger partial charge in [0, 0.05) is 0 Å². The number of nitrogens with two attached hydrogens (primary N) is 1. The molecule has 0 aliphatic carbocycles.